The van der Waals surface area contributed by atoms with Crippen LogP contribution in [-0.4, -0.2) is 46.2 Å². The first kappa shape index (κ1) is 13.3. The number of carbonyl (C=O) groups is 1. The van der Waals surface area contributed by atoms with Crippen LogP contribution in [0.3, 0.4) is 0 Å². The number of nitrogen functional groups attached to an aromatic ring is 1. The Labute approximate surface area is 118 Å². The quantitative estimate of drug-likeness (QED) is 0.834. The molecule has 0 saturated carbocycles. The molecule has 1 aromatic rings. The highest BCUT2D eigenvalue weighted by Gasteiger charge is 2.36. The molecule has 2 atom stereocenters. The predicted molar refractivity (Wildman–Crippen MR) is 76.1 cm³/mol. The van der Waals surface area contributed by atoms with E-state index in [1.165, 1.54) is 19.3 Å². The molecule has 0 radical (unpaired) electrons. The van der Waals surface area contributed by atoms with E-state index in [9.17, 15) is 4.79 Å². The molecule has 2 fully saturated rings. The van der Waals surface area contributed by atoms with Crippen molar-refractivity contribution in [3.05, 3.63) is 17.8 Å². The number of anilines is 1. The lowest BCUT2D eigenvalue weighted by Gasteiger charge is -2.47. The van der Waals surface area contributed by atoms with Crippen molar-refractivity contribution in [2.45, 2.75) is 50.2 Å². The Bertz CT molecular complexity index is 475. The Morgan fingerprint density at radius 3 is 2.60 bits per heavy atom. The van der Waals surface area contributed by atoms with Crippen molar-refractivity contribution in [2.75, 3.05) is 12.8 Å². The summed E-state index contributed by atoms with van der Waals surface area (Å²) in [4.78, 5) is 14.6. The fraction of sp³-hybridized carbons (Fsp3) is 0.643. The van der Waals surface area contributed by atoms with Crippen LogP contribution in [0.2, 0.25) is 0 Å². The van der Waals surface area contributed by atoms with Crippen LogP contribution in [0.4, 0.5) is 5.82 Å². The second-order valence-corrected chi connectivity index (χ2v) is 5.89. The van der Waals surface area contributed by atoms with E-state index in [0.29, 0.717) is 23.6 Å². The molecule has 2 unspecified atom stereocenters. The van der Waals surface area contributed by atoms with E-state index in [1.807, 2.05) is 0 Å². The molecule has 2 saturated heterocycles. The van der Waals surface area contributed by atoms with E-state index in [0.717, 1.165) is 12.8 Å². The van der Waals surface area contributed by atoms with Crippen molar-refractivity contribution in [2.24, 2.45) is 0 Å². The third kappa shape index (κ3) is 2.60. The van der Waals surface area contributed by atoms with E-state index >= 15 is 0 Å². The summed E-state index contributed by atoms with van der Waals surface area (Å²) in [6.45, 7) is 0. The van der Waals surface area contributed by atoms with Gasteiger partial charge in [-0.3, -0.25) is 4.79 Å². The second-order valence-electron chi connectivity index (χ2n) is 5.89. The van der Waals surface area contributed by atoms with Gasteiger partial charge in [-0.15, -0.1) is 10.2 Å². The molecule has 6 heteroatoms. The van der Waals surface area contributed by atoms with E-state index in [-0.39, 0.29) is 11.9 Å². The van der Waals surface area contributed by atoms with Crippen LogP contribution < -0.4 is 11.1 Å². The standard InChI is InChI=1S/C14H21N5O/c1-19-10-3-2-4-11(19)8-9(7-10)16-14(20)12-5-6-13(15)18-17-12/h5-6,9-11H,2-4,7-8H2,1H3,(H2,15,18)(H,16,20). The summed E-state index contributed by atoms with van der Waals surface area (Å²) in [5.74, 6) is 0.181. The fourth-order valence-corrected chi connectivity index (χ4v) is 3.46. The van der Waals surface area contributed by atoms with Gasteiger partial charge < -0.3 is 16.0 Å². The summed E-state index contributed by atoms with van der Waals surface area (Å²) in [7, 11) is 2.21. The Morgan fingerprint density at radius 2 is 2.00 bits per heavy atom. The Hall–Kier alpha value is -1.69. The molecule has 3 rings (SSSR count). The molecular weight excluding hydrogens is 254 g/mol. The van der Waals surface area contributed by atoms with E-state index < -0.39 is 0 Å². The van der Waals surface area contributed by atoms with Gasteiger partial charge in [-0.2, -0.15) is 0 Å². The smallest absolute Gasteiger partial charge is 0.272 e. The van der Waals surface area contributed by atoms with Crippen molar-refractivity contribution in [3.8, 4) is 0 Å². The zero-order chi connectivity index (χ0) is 14.1. The van der Waals surface area contributed by atoms with Crippen molar-refractivity contribution in [1.82, 2.24) is 20.4 Å². The summed E-state index contributed by atoms with van der Waals surface area (Å²) in [5, 5.41) is 10.6. The average molecular weight is 275 g/mol. The number of nitrogens with one attached hydrogen (secondary N) is 1. The lowest BCUT2D eigenvalue weighted by Crippen LogP contribution is -2.55. The minimum atomic E-state index is -0.148. The van der Waals surface area contributed by atoms with E-state index in [1.54, 1.807) is 12.1 Å². The largest absolute Gasteiger partial charge is 0.382 e. The van der Waals surface area contributed by atoms with Crippen molar-refractivity contribution in [1.29, 1.82) is 0 Å². The van der Waals surface area contributed by atoms with Gasteiger partial charge in [0.15, 0.2) is 5.69 Å². The number of piperidine rings is 2. The first-order valence-electron chi connectivity index (χ1n) is 7.25. The molecule has 20 heavy (non-hydrogen) atoms. The van der Waals surface area contributed by atoms with Crippen molar-refractivity contribution >= 4 is 11.7 Å². The van der Waals surface area contributed by atoms with Crippen LogP contribution in [0.25, 0.3) is 0 Å². The summed E-state index contributed by atoms with van der Waals surface area (Å²) in [6.07, 6.45) is 5.84. The van der Waals surface area contributed by atoms with Gasteiger partial charge in [0.05, 0.1) is 0 Å². The topological polar surface area (TPSA) is 84.1 Å². The minimum Gasteiger partial charge on any atom is -0.382 e. The van der Waals surface area contributed by atoms with Gasteiger partial charge in [-0.1, -0.05) is 6.42 Å². The number of carbonyl (C=O) groups excluding carboxylic acids is 1. The van der Waals surface area contributed by atoms with Crippen molar-refractivity contribution < 1.29 is 4.79 Å². The maximum Gasteiger partial charge on any atom is 0.272 e. The predicted octanol–water partition coefficient (Wildman–Crippen LogP) is 0.804. The fourth-order valence-electron chi connectivity index (χ4n) is 3.46. The lowest BCUT2D eigenvalue weighted by atomic mass is 9.82. The number of hydrogen-bond acceptors (Lipinski definition) is 5. The van der Waals surface area contributed by atoms with Crippen LogP contribution in [0.5, 0.6) is 0 Å². The first-order chi connectivity index (χ1) is 9.63. The highest BCUT2D eigenvalue weighted by Crippen LogP contribution is 2.32. The molecule has 2 bridgehead atoms. The monoisotopic (exact) mass is 275 g/mol. The number of fused-ring (bicyclic) bond motifs is 2. The lowest BCUT2D eigenvalue weighted by molar-refractivity contribution is 0.0461. The zero-order valence-corrected chi connectivity index (χ0v) is 11.7. The van der Waals surface area contributed by atoms with Gasteiger partial charge in [0.25, 0.3) is 5.91 Å². The van der Waals surface area contributed by atoms with Crippen LogP contribution in [0, 0.1) is 0 Å². The zero-order valence-electron chi connectivity index (χ0n) is 11.7. The summed E-state index contributed by atoms with van der Waals surface area (Å²) < 4.78 is 0. The Morgan fingerprint density at radius 1 is 1.30 bits per heavy atom. The second kappa shape index (κ2) is 5.36. The molecule has 3 heterocycles. The molecule has 1 aromatic heterocycles. The number of nitrogens with zero attached hydrogens (tertiary/aromatic N) is 3. The first-order valence-corrected chi connectivity index (χ1v) is 7.25. The van der Waals surface area contributed by atoms with Gasteiger partial charge in [0.1, 0.15) is 5.82 Å². The molecule has 2 aliphatic rings. The maximum atomic E-state index is 12.2. The molecule has 2 aliphatic heterocycles. The molecule has 108 valence electrons. The minimum absolute atomic E-state index is 0.148. The Balaban J connectivity index is 1.63. The molecule has 0 spiro atoms. The average Bonchev–Trinajstić information content (AvgIpc) is 2.40. The highest BCUT2D eigenvalue weighted by molar-refractivity contribution is 5.92. The van der Waals surface area contributed by atoms with Gasteiger partial charge in [0.2, 0.25) is 0 Å². The van der Waals surface area contributed by atoms with Crippen molar-refractivity contribution in [3.63, 3.8) is 0 Å². The van der Waals surface area contributed by atoms with E-state index in [2.05, 4.69) is 27.5 Å². The van der Waals surface area contributed by atoms with E-state index in [4.69, 9.17) is 5.73 Å². The third-order valence-electron chi connectivity index (χ3n) is 4.59. The summed E-state index contributed by atoms with van der Waals surface area (Å²) in [5.41, 5.74) is 5.81. The normalized spacial score (nSPS) is 29.9. The number of amides is 1. The molecule has 0 aromatic carbocycles. The van der Waals surface area contributed by atoms with Gasteiger partial charge >= 0.3 is 0 Å². The maximum absolute atomic E-state index is 12.2. The number of nitrogens with two attached hydrogens (primary N) is 1. The van der Waals surface area contributed by atoms with Crippen LogP contribution >= 0.6 is 0 Å². The molecule has 6 nitrogen and oxygen atoms in total. The number of hydrogen-bond donors (Lipinski definition) is 2. The van der Waals surface area contributed by atoms with Gasteiger partial charge in [-0.25, -0.2) is 0 Å². The highest BCUT2D eigenvalue weighted by atomic mass is 16.2. The summed E-state index contributed by atoms with van der Waals surface area (Å²) in [6, 6.07) is 4.67. The molecule has 0 aliphatic carbocycles. The molecular formula is C14H21N5O. The van der Waals surface area contributed by atoms with Gasteiger partial charge in [0, 0.05) is 18.1 Å². The van der Waals surface area contributed by atoms with Crippen LogP contribution in [-0.2, 0) is 0 Å². The van der Waals surface area contributed by atoms with Gasteiger partial charge in [-0.05, 0) is 44.9 Å². The Kier molecular flexibility index (Phi) is 3.56. The summed E-state index contributed by atoms with van der Waals surface area (Å²) >= 11 is 0. The van der Waals surface area contributed by atoms with Crippen LogP contribution in [0.15, 0.2) is 12.1 Å². The SMILES string of the molecule is CN1C2CCCC1CC(NC(=O)c1ccc(N)nn1)C2. The van der Waals surface area contributed by atoms with Crippen LogP contribution in [0.1, 0.15) is 42.6 Å². The number of aromatic nitrogens is 2. The third-order valence-corrected chi connectivity index (χ3v) is 4.59. The molecule has 1 amide bonds. The molecule has 3 N–H and O–H groups in total. The number of rotatable bonds is 2.